The Labute approximate surface area is 434 Å². The molecule has 0 spiro atoms. The van der Waals surface area contributed by atoms with Crippen LogP contribution in [-0.2, 0) is 28.6 Å². The predicted molar refractivity (Wildman–Crippen MR) is 302 cm³/mol. The third-order valence-electron chi connectivity index (χ3n) is 13.3. The SMILES string of the molecule is CC/C=C\C/C=C\C/C=C\C/C=C\CCCCCCCCCCCCCCCCCCC(=O)OCC(COC(=O)CCCCCCCC)OC(=O)CCCCCCCCC/C=C\CCCCCCCC. The van der Waals surface area contributed by atoms with Gasteiger partial charge in [-0.1, -0.05) is 268 Å². The molecule has 6 nitrogen and oxygen atoms in total. The number of hydrogen-bond donors (Lipinski definition) is 0. The second-order valence-electron chi connectivity index (χ2n) is 20.2. The lowest BCUT2D eigenvalue weighted by Gasteiger charge is -2.18. The second kappa shape index (κ2) is 58.7. The lowest BCUT2D eigenvalue weighted by molar-refractivity contribution is -0.167. The highest BCUT2D eigenvalue weighted by Crippen LogP contribution is 2.17. The Balaban J connectivity index is 4.03. The zero-order chi connectivity index (χ0) is 50.7. The van der Waals surface area contributed by atoms with Gasteiger partial charge in [-0.2, -0.15) is 0 Å². The predicted octanol–water partition coefficient (Wildman–Crippen LogP) is 20.4. The van der Waals surface area contributed by atoms with Gasteiger partial charge in [0, 0.05) is 19.3 Å². The van der Waals surface area contributed by atoms with Crippen molar-refractivity contribution in [3.05, 3.63) is 60.8 Å². The van der Waals surface area contributed by atoms with E-state index in [2.05, 4.69) is 81.5 Å². The molecule has 0 aliphatic carbocycles. The highest BCUT2D eigenvalue weighted by molar-refractivity contribution is 5.71. The minimum Gasteiger partial charge on any atom is -0.462 e. The fourth-order valence-electron chi connectivity index (χ4n) is 8.72. The molecular formula is C64H114O6. The van der Waals surface area contributed by atoms with Crippen molar-refractivity contribution in [2.24, 2.45) is 0 Å². The molecule has 1 atom stereocenters. The zero-order valence-electron chi connectivity index (χ0n) is 46.5. The van der Waals surface area contributed by atoms with Gasteiger partial charge in [-0.3, -0.25) is 14.4 Å². The molecule has 6 heteroatoms. The van der Waals surface area contributed by atoms with Gasteiger partial charge in [0.2, 0.25) is 0 Å². The van der Waals surface area contributed by atoms with Crippen LogP contribution in [0.2, 0.25) is 0 Å². The quantitative estimate of drug-likeness (QED) is 0.0261. The van der Waals surface area contributed by atoms with Crippen LogP contribution >= 0.6 is 0 Å². The Morgan fingerprint density at radius 1 is 0.300 bits per heavy atom. The Kier molecular flexibility index (Phi) is 56.3. The topological polar surface area (TPSA) is 78.9 Å². The lowest BCUT2D eigenvalue weighted by atomic mass is 10.0. The molecule has 0 fully saturated rings. The summed E-state index contributed by atoms with van der Waals surface area (Å²) in [5.74, 6) is -0.874. The van der Waals surface area contributed by atoms with Gasteiger partial charge < -0.3 is 14.2 Å². The number of allylic oxidation sites excluding steroid dienone is 10. The number of rotatable bonds is 55. The third-order valence-corrected chi connectivity index (χ3v) is 13.3. The van der Waals surface area contributed by atoms with E-state index >= 15 is 0 Å². The number of carbonyl (C=O) groups is 3. The van der Waals surface area contributed by atoms with Crippen LogP contribution in [0.1, 0.15) is 310 Å². The van der Waals surface area contributed by atoms with Gasteiger partial charge in [-0.15, -0.1) is 0 Å². The van der Waals surface area contributed by atoms with E-state index in [9.17, 15) is 14.4 Å². The minimum atomic E-state index is -0.771. The molecule has 0 heterocycles. The molecule has 70 heavy (non-hydrogen) atoms. The van der Waals surface area contributed by atoms with Crippen molar-refractivity contribution in [3.63, 3.8) is 0 Å². The molecule has 0 amide bonds. The number of esters is 3. The van der Waals surface area contributed by atoms with Crippen molar-refractivity contribution in [2.45, 2.75) is 316 Å². The number of unbranched alkanes of at least 4 members (excludes halogenated alkanes) is 34. The van der Waals surface area contributed by atoms with Crippen LogP contribution in [0.3, 0.4) is 0 Å². The highest BCUT2D eigenvalue weighted by Gasteiger charge is 2.19. The maximum atomic E-state index is 12.8. The van der Waals surface area contributed by atoms with Crippen molar-refractivity contribution in [1.29, 1.82) is 0 Å². The molecule has 0 aromatic heterocycles. The molecule has 0 saturated heterocycles. The molecule has 0 aromatic rings. The van der Waals surface area contributed by atoms with Crippen LogP contribution < -0.4 is 0 Å². The van der Waals surface area contributed by atoms with E-state index in [1.165, 1.54) is 186 Å². The Morgan fingerprint density at radius 3 is 0.886 bits per heavy atom. The normalized spacial score (nSPS) is 12.4. The summed E-state index contributed by atoms with van der Waals surface area (Å²) in [6, 6.07) is 0. The molecular weight excluding hydrogens is 865 g/mol. The summed E-state index contributed by atoms with van der Waals surface area (Å²) in [5, 5.41) is 0. The average molecular weight is 980 g/mol. The summed E-state index contributed by atoms with van der Waals surface area (Å²) < 4.78 is 16.8. The average Bonchev–Trinajstić information content (AvgIpc) is 3.36. The van der Waals surface area contributed by atoms with Gasteiger partial charge in [0.25, 0.3) is 0 Å². The van der Waals surface area contributed by atoms with E-state index < -0.39 is 6.10 Å². The third kappa shape index (κ3) is 56.0. The zero-order valence-corrected chi connectivity index (χ0v) is 46.5. The van der Waals surface area contributed by atoms with E-state index in [0.29, 0.717) is 19.3 Å². The number of ether oxygens (including phenoxy) is 3. The smallest absolute Gasteiger partial charge is 0.306 e. The highest BCUT2D eigenvalue weighted by atomic mass is 16.6. The van der Waals surface area contributed by atoms with Gasteiger partial charge in [0.15, 0.2) is 6.10 Å². The molecule has 0 N–H and O–H groups in total. The first-order valence-corrected chi connectivity index (χ1v) is 30.3. The molecule has 0 radical (unpaired) electrons. The van der Waals surface area contributed by atoms with Crippen molar-refractivity contribution in [2.75, 3.05) is 13.2 Å². The van der Waals surface area contributed by atoms with Crippen LogP contribution in [0.5, 0.6) is 0 Å². The number of hydrogen-bond acceptors (Lipinski definition) is 6. The second-order valence-corrected chi connectivity index (χ2v) is 20.2. The van der Waals surface area contributed by atoms with Crippen molar-refractivity contribution in [1.82, 2.24) is 0 Å². The van der Waals surface area contributed by atoms with E-state index in [1.54, 1.807) is 0 Å². The minimum absolute atomic E-state index is 0.0726. The largest absolute Gasteiger partial charge is 0.462 e. The molecule has 0 aliphatic rings. The van der Waals surface area contributed by atoms with Gasteiger partial charge in [0.05, 0.1) is 0 Å². The molecule has 406 valence electrons. The van der Waals surface area contributed by atoms with E-state index in [4.69, 9.17) is 14.2 Å². The van der Waals surface area contributed by atoms with E-state index in [1.807, 2.05) is 0 Å². The summed E-state index contributed by atoms with van der Waals surface area (Å²) in [7, 11) is 0. The first-order valence-electron chi connectivity index (χ1n) is 30.3. The summed E-state index contributed by atoms with van der Waals surface area (Å²) >= 11 is 0. The van der Waals surface area contributed by atoms with E-state index in [0.717, 1.165) is 83.5 Å². The summed E-state index contributed by atoms with van der Waals surface area (Å²) in [5.41, 5.74) is 0. The number of carbonyl (C=O) groups excluding carboxylic acids is 3. The van der Waals surface area contributed by atoms with Gasteiger partial charge in [-0.25, -0.2) is 0 Å². The molecule has 0 rings (SSSR count). The first-order chi connectivity index (χ1) is 34.5. The van der Waals surface area contributed by atoms with Crippen molar-refractivity contribution in [3.8, 4) is 0 Å². The summed E-state index contributed by atoms with van der Waals surface area (Å²) in [6.07, 6.45) is 74.0. The van der Waals surface area contributed by atoms with Gasteiger partial charge in [0.1, 0.15) is 13.2 Å². The molecule has 0 aliphatic heterocycles. The Morgan fingerprint density at radius 2 is 0.557 bits per heavy atom. The maximum Gasteiger partial charge on any atom is 0.306 e. The standard InChI is InChI=1S/C64H114O6/c1-4-7-10-13-16-18-20-22-24-26-27-28-29-30-31-32-33-34-35-36-37-39-40-42-44-46-48-51-54-57-63(66)69-60-61(59-68-62(65)56-53-50-15-12-9-6-3)70-64(67)58-55-52-49-47-45-43-41-38-25-23-21-19-17-14-11-8-5-2/h7,10,16,18,22-25,27-28,61H,4-6,8-9,11-15,17,19-21,26,29-60H2,1-3H3/b10-7-,18-16-,24-22-,25-23-,28-27-. The van der Waals surface area contributed by atoms with Crippen LogP contribution in [0, 0.1) is 0 Å². The van der Waals surface area contributed by atoms with Crippen molar-refractivity contribution >= 4 is 17.9 Å². The summed E-state index contributed by atoms with van der Waals surface area (Å²) in [6.45, 7) is 6.49. The van der Waals surface area contributed by atoms with Crippen LogP contribution in [0.25, 0.3) is 0 Å². The van der Waals surface area contributed by atoms with Gasteiger partial charge >= 0.3 is 17.9 Å². The van der Waals surface area contributed by atoms with Crippen LogP contribution in [-0.4, -0.2) is 37.2 Å². The van der Waals surface area contributed by atoms with Crippen LogP contribution in [0.15, 0.2) is 60.8 Å². The summed E-state index contributed by atoms with van der Waals surface area (Å²) in [4.78, 5) is 37.9. The first kappa shape index (κ1) is 67.1. The van der Waals surface area contributed by atoms with Crippen LogP contribution in [0.4, 0.5) is 0 Å². The monoisotopic (exact) mass is 979 g/mol. The van der Waals surface area contributed by atoms with Gasteiger partial charge in [-0.05, 0) is 83.5 Å². The van der Waals surface area contributed by atoms with E-state index in [-0.39, 0.29) is 31.1 Å². The Bertz CT molecular complexity index is 1260. The molecule has 0 aromatic carbocycles. The Hall–Kier alpha value is -2.89. The maximum absolute atomic E-state index is 12.8. The molecule has 0 bridgehead atoms. The lowest BCUT2D eigenvalue weighted by Crippen LogP contribution is -2.30. The molecule has 1 unspecified atom stereocenters. The fourth-order valence-corrected chi connectivity index (χ4v) is 8.72. The molecule has 0 saturated carbocycles. The van der Waals surface area contributed by atoms with Crippen molar-refractivity contribution < 1.29 is 28.6 Å². The fraction of sp³-hybridized carbons (Fsp3) is 0.797.